The predicted molar refractivity (Wildman–Crippen MR) is 105 cm³/mol. The van der Waals surface area contributed by atoms with Crippen LogP contribution in [0.15, 0.2) is 22.3 Å². The number of carbonyl (C=O) groups is 1. The number of hydrogen-bond acceptors (Lipinski definition) is 8. The fourth-order valence-electron chi connectivity index (χ4n) is 3.74. The molecule has 0 aliphatic heterocycles. The highest BCUT2D eigenvalue weighted by Gasteiger charge is 2.29. The number of aromatic nitrogens is 4. The van der Waals surface area contributed by atoms with Crippen LogP contribution in [0.25, 0.3) is 10.2 Å². The van der Waals surface area contributed by atoms with Gasteiger partial charge in [0.05, 0.1) is 16.8 Å². The van der Waals surface area contributed by atoms with E-state index in [1.165, 1.54) is 0 Å². The Labute approximate surface area is 166 Å². The number of nitrogens with zero attached hydrogens (tertiary/aromatic N) is 4. The molecule has 2 aliphatic carbocycles. The Kier molecular flexibility index (Phi) is 4.67. The van der Waals surface area contributed by atoms with Crippen LogP contribution in [0.1, 0.15) is 56.2 Å². The molecule has 8 nitrogen and oxygen atoms in total. The SMILES string of the molecule is O=C(NCc1nc(C2CC2)no1)C1CCC(Nc2ncnc3ccsc23)CC1. The number of fused-ring (bicyclic) bond motifs is 1. The molecule has 5 rings (SSSR count). The molecule has 2 fully saturated rings. The first-order valence-electron chi connectivity index (χ1n) is 9.81. The third-order valence-corrected chi connectivity index (χ3v) is 6.43. The first kappa shape index (κ1) is 17.5. The molecule has 0 bridgehead atoms. The summed E-state index contributed by atoms with van der Waals surface area (Å²) in [5, 5.41) is 12.5. The molecule has 3 aromatic heterocycles. The van der Waals surface area contributed by atoms with Crippen molar-refractivity contribution in [2.45, 2.75) is 57.0 Å². The van der Waals surface area contributed by atoms with Gasteiger partial charge in [-0.3, -0.25) is 4.79 Å². The van der Waals surface area contributed by atoms with E-state index in [1.807, 2.05) is 11.4 Å². The van der Waals surface area contributed by atoms with Crippen LogP contribution in [0.4, 0.5) is 5.82 Å². The summed E-state index contributed by atoms with van der Waals surface area (Å²) in [6.07, 6.45) is 7.48. The summed E-state index contributed by atoms with van der Waals surface area (Å²) in [4.78, 5) is 25.5. The topological polar surface area (TPSA) is 106 Å². The van der Waals surface area contributed by atoms with Crippen molar-refractivity contribution in [3.05, 3.63) is 29.5 Å². The molecule has 3 aromatic rings. The van der Waals surface area contributed by atoms with E-state index >= 15 is 0 Å². The quantitative estimate of drug-likeness (QED) is 0.656. The molecule has 0 spiro atoms. The number of thiophene rings is 1. The third-order valence-electron chi connectivity index (χ3n) is 5.52. The molecular formula is C19H22N6O2S. The van der Waals surface area contributed by atoms with Gasteiger partial charge in [0.15, 0.2) is 5.82 Å². The van der Waals surface area contributed by atoms with Gasteiger partial charge in [-0.15, -0.1) is 11.3 Å². The lowest BCUT2D eigenvalue weighted by molar-refractivity contribution is -0.126. The van der Waals surface area contributed by atoms with Crippen molar-refractivity contribution in [3.8, 4) is 0 Å². The highest BCUT2D eigenvalue weighted by molar-refractivity contribution is 7.17. The third kappa shape index (κ3) is 3.71. The standard InChI is InChI=1S/C19H22N6O2S/c26-19(20-9-15-24-17(25-27-15)11-1-2-11)12-3-5-13(6-4-12)23-18-16-14(7-8-28-16)21-10-22-18/h7-8,10-13H,1-6,9H2,(H,20,26)(H,21,22,23). The number of rotatable bonds is 6. The Bertz CT molecular complexity index is 974. The monoisotopic (exact) mass is 398 g/mol. The molecule has 0 radical (unpaired) electrons. The van der Waals surface area contributed by atoms with Gasteiger partial charge in [-0.1, -0.05) is 5.16 Å². The van der Waals surface area contributed by atoms with Gasteiger partial charge in [-0.05, 0) is 50.0 Å². The maximum Gasteiger partial charge on any atom is 0.246 e. The van der Waals surface area contributed by atoms with Crippen LogP contribution in [0.3, 0.4) is 0 Å². The van der Waals surface area contributed by atoms with Gasteiger partial charge in [-0.2, -0.15) is 4.98 Å². The van der Waals surface area contributed by atoms with Gasteiger partial charge in [-0.25, -0.2) is 9.97 Å². The van der Waals surface area contributed by atoms with E-state index in [4.69, 9.17) is 4.52 Å². The van der Waals surface area contributed by atoms with Gasteiger partial charge >= 0.3 is 0 Å². The Balaban J connectivity index is 1.11. The normalized spacial score (nSPS) is 22.3. The minimum Gasteiger partial charge on any atom is -0.366 e. The van der Waals surface area contributed by atoms with Crippen LogP contribution < -0.4 is 10.6 Å². The molecule has 3 heterocycles. The van der Waals surface area contributed by atoms with Crippen molar-refractivity contribution in [2.24, 2.45) is 5.92 Å². The highest BCUT2D eigenvalue weighted by Crippen LogP contribution is 2.38. The Morgan fingerprint density at radius 3 is 2.86 bits per heavy atom. The van der Waals surface area contributed by atoms with Crippen molar-refractivity contribution in [1.29, 1.82) is 0 Å². The predicted octanol–water partition coefficient (Wildman–Crippen LogP) is 3.24. The number of amides is 1. The number of carbonyl (C=O) groups excluding carboxylic acids is 1. The van der Waals surface area contributed by atoms with Crippen LogP contribution in [-0.4, -0.2) is 32.1 Å². The summed E-state index contributed by atoms with van der Waals surface area (Å²) in [6, 6.07) is 2.34. The van der Waals surface area contributed by atoms with Crippen molar-refractivity contribution in [1.82, 2.24) is 25.4 Å². The number of nitrogens with one attached hydrogen (secondary N) is 2. The Hall–Kier alpha value is -2.55. The zero-order chi connectivity index (χ0) is 18.9. The Morgan fingerprint density at radius 1 is 1.18 bits per heavy atom. The molecule has 0 atom stereocenters. The first-order valence-corrected chi connectivity index (χ1v) is 10.7. The minimum atomic E-state index is 0.0380. The Morgan fingerprint density at radius 2 is 2.04 bits per heavy atom. The van der Waals surface area contributed by atoms with E-state index in [9.17, 15) is 4.79 Å². The number of anilines is 1. The molecule has 0 unspecified atom stereocenters. The molecule has 28 heavy (non-hydrogen) atoms. The molecule has 146 valence electrons. The summed E-state index contributed by atoms with van der Waals surface area (Å²) in [6.45, 7) is 0.314. The molecule has 0 aromatic carbocycles. The lowest BCUT2D eigenvalue weighted by Gasteiger charge is -2.28. The minimum absolute atomic E-state index is 0.0380. The zero-order valence-electron chi connectivity index (χ0n) is 15.4. The molecule has 2 saturated carbocycles. The van der Waals surface area contributed by atoms with Crippen LogP contribution in [-0.2, 0) is 11.3 Å². The van der Waals surface area contributed by atoms with Crippen molar-refractivity contribution >= 4 is 33.3 Å². The van der Waals surface area contributed by atoms with Gasteiger partial charge < -0.3 is 15.2 Å². The fraction of sp³-hybridized carbons (Fsp3) is 0.526. The van der Waals surface area contributed by atoms with E-state index in [-0.39, 0.29) is 11.8 Å². The van der Waals surface area contributed by atoms with Gasteiger partial charge in [0, 0.05) is 17.9 Å². The maximum atomic E-state index is 12.5. The molecule has 1 amide bonds. The summed E-state index contributed by atoms with van der Waals surface area (Å²) < 4.78 is 6.31. The summed E-state index contributed by atoms with van der Waals surface area (Å²) in [5.74, 6) is 2.75. The second-order valence-electron chi connectivity index (χ2n) is 7.59. The molecule has 9 heteroatoms. The second kappa shape index (κ2) is 7.46. The zero-order valence-corrected chi connectivity index (χ0v) is 16.2. The maximum absolute atomic E-state index is 12.5. The van der Waals surface area contributed by atoms with Gasteiger partial charge in [0.2, 0.25) is 11.8 Å². The van der Waals surface area contributed by atoms with E-state index < -0.39 is 0 Å². The van der Waals surface area contributed by atoms with Crippen molar-refractivity contribution < 1.29 is 9.32 Å². The fourth-order valence-corrected chi connectivity index (χ4v) is 4.54. The van der Waals surface area contributed by atoms with Crippen molar-refractivity contribution in [2.75, 3.05) is 5.32 Å². The lowest BCUT2D eigenvalue weighted by Crippen LogP contribution is -2.35. The smallest absolute Gasteiger partial charge is 0.246 e. The molecule has 2 N–H and O–H groups in total. The average Bonchev–Trinajstić information content (AvgIpc) is 3.26. The summed E-state index contributed by atoms with van der Waals surface area (Å²) >= 11 is 1.65. The highest BCUT2D eigenvalue weighted by atomic mass is 32.1. The van der Waals surface area contributed by atoms with Crippen LogP contribution in [0, 0.1) is 5.92 Å². The van der Waals surface area contributed by atoms with E-state index in [0.29, 0.717) is 24.4 Å². The lowest BCUT2D eigenvalue weighted by atomic mass is 9.85. The van der Waals surface area contributed by atoms with Crippen LogP contribution >= 0.6 is 11.3 Å². The summed E-state index contributed by atoms with van der Waals surface area (Å²) in [5.41, 5.74) is 0.974. The van der Waals surface area contributed by atoms with Crippen molar-refractivity contribution in [3.63, 3.8) is 0 Å². The second-order valence-corrected chi connectivity index (χ2v) is 8.50. The van der Waals surface area contributed by atoms with Gasteiger partial charge in [0.1, 0.15) is 12.1 Å². The van der Waals surface area contributed by atoms with Crippen LogP contribution in [0.2, 0.25) is 0 Å². The first-order chi connectivity index (χ1) is 13.8. The van der Waals surface area contributed by atoms with E-state index in [0.717, 1.165) is 60.4 Å². The molecule has 0 saturated heterocycles. The molecular weight excluding hydrogens is 376 g/mol. The van der Waals surface area contributed by atoms with Crippen LogP contribution in [0.5, 0.6) is 0 Å². The number of hydrogen-bond donors (Lipinski definition) is 2. The summed E-state index contributed by atoms with van der Waals surface area (Å²) in [7, 11) is 0. The van der Waals surface area contributed by atoms with E-state index in [2.05, 4.69) is 30.7 Å². The average molecular weight is 398 g/mol. The van der Waals surface area contributed by atoms with Gasteiger partial charge in [0.25, 0.3) is 0 Å². The molecule has 2 aliphatic rings. The largest absolute Gasteiger partial charge is 0.366 e. The van der Waals surface area contributed by atoms with E-state index in [1.54, 1.807) is 17.7 Å².